The molecule has 114 valence electrons. The minimum Gasteiger partial charge on any atom is -0.383 e. The van der Waals surface area contributed by atoms with Crippen molar-refractivity contribution in [2.24, 2.45) is 0 Å². The van der Waals surface area contributed by atoms with Gasteiger partial charge in [0.1, 0.15) is 0 Å². The number of hydrogen-bond donors (Lipinski definition) is 1. The van der Waals surface area contributed by atoms with Gasteiger partial charge >= 0.3 is 0 Å². The van der Waals surface area contributed by atoms with Crippen LogP contribution in [0.15, 0.2) is 18.2 Å². The monoisotopic (exact) mass is 298 g/mol. The summed E-state index contributed by atoms with van der Waals surface area (Å²) in [5, 5.41) is 4.27. The first-order valence-corrected chi connectivity index (χ1v) is 7.52. The Balaban J connectivity index is 2.76. The molecule has 0 aliphatic carbocycles. The number of likely N-dealkylation sites (N-methyl/N-ethyl adjacent to an activating group) is 1. The Morgan fingerprint density at radius 3 is 2.50 bits per heavy atom. The molecule has 20 heavy (non-hydrogen) atoms. The average molecular weight is 299 g/mol. The van der Waals surface area contributed by atoms with E-state index in [-0.39, 0.29) is 5.54 Å². The zero-order chi connectivity index (χ0) is 15.2. The third-order valence-electron chi connectivity index (χ3n) is 3.12. The van der Waals surface area contributed by atoms with Crippen LogP contribution < -0.4 is 10.2 Å². The molecule has 0 saturated carbocycles. The van der Waals surface area contributed by atoms with Gasteiger partial charge in [-0.05, 0) is 45.4 Å². The highest BCUT2D eigenvalue weighted by molar-refractivity contribution is 6.33. The van der Waals surface area contributed by atoms with Crippen molar-refractivity contribution < 1.29 is 4.74 Å². The second-order valence-electron chi connectivity index (χ2n) is 5.96. The van der Waals surface area contributed by atoms with E-state index >= 15 is 0 Å². The van der Waals surface area contributed by atoms with Crippen molar-refractivity contribution in [2.75, 3.05) is 31.7 Å². The van der Waals surface area contributed by atoms with Gasteiger partial charge in [0.2, 0.25) is 0 Å². The molecule has 1 aromatic rings. The summed E-state index contributed by atoms with van der Waals surface area (Å²) < 4.78 is 5.14. The van der Waals surface area contributed by atoms with E-state index in [1.54, 1.807) is 7.11 Å². The number of nitrogens with zero attached hydrogens (tertiary/aromatic N) is 1. The molecule has 0 radical (unpaired) electrons. The van der Waals surface area contributed by atoms with Gasteiger partial charge in [0, 0.05) is 32.3 Å². The fraction of sp³-hybridized carbons (Fsp3) is 0.625. The Morgan fingerprint density at radius 1 is 1.30 bits per heavy atom. The fourth-order valence-corrected chi connectivity index (χ4v) is 2.26. The highest BCUT2D eigenvalue weighted by Gasteiger charge is 2.11. The standard InChI is InChI=1S/C16H27ClN2O/c1-6-19(9-10-20-5)15-8-7-13(11-14(15)17)12-18-16(2,3)4/h7-8,11,18H,6,9-10,12H2,1-5H3. The van der Waals surface area contributed by atoms with Crippen molar-refractivity contribution in [3.05, 3.63) is 28.8 Å². The first kappa shape index (κ1) is 17.3. The maximum atomic E-state index is 6.42. The topological polar surface area (TPSA) is 24.5 Å². The van der Waals surface area contributed by atoms with E-state index < -0.39 is 0 Å². The molecule has 0 aliphatic heterocycles. The Kier molecular flexibility index (Phi) is 6.80. The lowest BCUT2D eigenvalue weighted by molar-refractivity contribution is 0.205. The third-order valence-corrected chi connectivity index (χ3v) is 3.43. The number of nitrogens with one attached hydrogen (secondary N) is 1. The largest absolute Gasteiger partial charge is 0.383 e. The van der Waals surface area contributed by atoms with Crippen LogP contribution in [0.4, 0.5) is 5.69 Å². The molecular weight excluding hydrogens is 272 g/mol. The van der Waals surface area contributed by atoms with E-state index in [0.29, 0.717) is 6.61 Å². The molecule has 0 atom stereocenters. The van der Waals surface area contributed by atoms with Crippen molar-refractivity contribution in [1.29, 1.82) is 0 Å². The van der Waals surface area contributed by atoms with E-state index in [2.05, 4.69) is 50.0 Å². The maximum absolute atomic E-state index is 6.42. The zero-order valence-electron chi connectivity index (χ0n) is 13.3. The SMILES string of the molecule is CCN(CCOC)c1ccc(CNC(C)(C)C)cc1Cl. The third kappa shape index (κ3) is 5.70. The number of halogens is 1. The number of ether oxygens (including phenoxy) is 1. The summed E-state index contributed by atoms with van der Waals surface area (Å²) >= 11 is 6.42. The smallest absolute Gasteiger partial charge is 0.0642 e. The Labute approximate surface area is 128 Å². The van der Waals surface area contributed by atoms with Crippen molar-refractivity contribution in [1.82, 2.24) is 5.32 Å². The lowest BCUT2D eigenvalue weighted by atomic mass is 10.1. The molecule has 0 aliphatic rings. The van der Waals surface area contributed by atoms with Crippen LogP contribution in [0.5, 0.6) is 0 Å². The Bertz CT molecular complexity index is 415. The van der Waals surface area contributed by atoms with Gasteiger partial charge in [-0.2, -0.15) is 0 Å². The van der Waals surface area contributed by atoms with Crippen LogP contribution in [0.1, 0.15) is 33.3 Å². The number of methoxy groups -OCH3 is 1. The normalized spacial score (nSPS) is 11.7. The summed E-state index contributed by atoms with van der Waals surface area (Å²) in [6.45, 7) is 11.9. The van der Waals surface area contributed by atoms with Gasteiger partial charge in [0.25, 0.3) is 0 Å². The fourth-order valence-electron chi connectivity index (χ4n) is 1.93. The highest BCUT2D eigenvalue weighted by atomic mass is 35.5. The molecule has 0 saturated heterocycles. The van der Waals surface area contributed by atoms with E-state index in [1.807, 2.05) is 6.07 Å². The predicted molar refractivity (Wildman–Crippen MR) is 87.8 cm³/mol. The number of anilines is 1. The number of rotatable bonds is 7. The molecule has 4 heteroatoms. The number of hydrogen-bond acceptors (Lipinski definition) is 3. The van der Waals surface area contributed by atoms with Crippen LogP contribution >= 0.6 is 11.6 Å². The number of benzene rings is 1. The summed E-state index contributed by atoms with van der Waals surface area (Å²) in [5.41, 5.74) is 2.39. The minimum absolute atomic E-state index is 0.110. The lowest BCUT2D eigenvalue weighted by Gasteiger charge is -2.25. The van der Waals surface area contributed by atoms with Crippen LogP contribution in [0.25, 0.3) is 0 Å². The Hall–Kier alpha value is -0.770. The van der Waals surface area contributed by atoms with Crippen LogP contribution in [-0.4, -0.2) is 32.3 Å². The molecule has 1 rings (SSSR count). The molecule has 3 nitrogen and oxygen atoms in total. The van der Waals surface area contributed by atoms with Crippen LogP contribution in [0.3, 0.4) is 0 Å². The molecule has 0 heterocycles. The molecule has 0 fully saturated rings. The second-order valence-corrected chi connectivity index (χ2v) is 6.37. The highest BCUT2D eigenvalue weighted by Crippen LogP contribution is 2.27. The predicted octanol–water partition coefficient (Wildman–Crippen LogP) is 3.70. The van der Waals surface area contributed by atoms with Crippen LogP contribution in [0.2, 0.25) is 5.02 Å². The maximum Gasteiger partial charge on any atom is 0.0642 e. The van der Waals surface area contributed by atoms with E-state index in [1.165, 1.54) is 5.56 Å². The van der Waals surface area contributed by atoms with E-state index in [4.69, 9.17) is 16.3 Å². The van der Waals surface area contributed by atoms with Gasteiger partial charge in [-0.3, -0.25) is 0 Å². The van der Waals surface area contributed by atoms with E-state index in [0.717, 1.165) is 30.3 Å². The zero-order valence-corrected chi connectivity index (χ0v) is 14.0. The summed E-state index contributed by atoms with van der Waals surface area (Å²) in [5.74, 6) is 0. The van der Waals surface area contributed by atoms with E-state index in [9.17, 15) is 0 Å². The summed E-state index contributed by atoms with van der Waals surface area (Å²) in [4.78, 5) is 2.23. The van der Waals surface area contributed by atoms with Gasteiger partial charge in [0.05, 0.1) is 17.3 Å². The van der Waals surface area contributed by atoms with Gasteiger partial charge in [-0.25, -0.2) is 0 Å². The van der Waals surface area contributed by atoms with Crippen molar-refractivity contribution in [3.8, 4) is 0 Å². The molecule has 0 unspecified atom stereocenters. The molecule has 1 aromatic carbocycles. The molecule has 0 spiro atoms. The minimum atomic E-state index is 0.110. The van der Waals surface area contributed by atoms with Crippen LogP contribution in [-0.2, 0) is 11.3 Å². The summed E-state index contributed by atoms with van der Waals surface area (Å²) in [6.07, 6.45) is 0. The Morgan fingerprint density at radius 2 is 2.00 bits per heavy atom. The average Bonchev–Trinajstić information content (AvgIpc) is 2.38. The van der Waals surface area contributed by atoms with Gasteiger partial charge in [0.15, 0.2) is 0 Å². The summed E-state index contributed by atoms with van der Waals surface area (Å²) in [6, 6.07) is 6.28. The van der Waals surface area contributed by atoms with Crippen LogP contribution in [0, 0.1) is 0 Å². The molecule has 0 amide bonds. The van der Waals surface area contributed by atoms with Gasteiger partial charge in [-0.1, -0.05) is 17.7 Å². The molecular formula is C16H27ClN2O. The quantitative estimate of drug-likeness (QED) is 0.831. The van der Waals surface area contributed by atoms with Crippen molar-refractivity contribution in [2.45, 2.75) is 39.8 Å². The molecule has 0 bridgehead atoms. The first-order valence-electron chi connectivity index (χ1n) is 7.14. The van der Waals surface area contributed by atoms with Gasteiger partial charge in [-0.15, -0.1) is 0 Å². The summed E-state index contributed by atoms with van der Waals surface area (Å²) in [7, 11) is 1.72. The van der Waals surface area contributed by atoms with Crippen molar-refractivity contribution in [3.63, 3.8) is 0 Å². The second kappa shape index (κ2) is 7.87. The molecule has 0 aromatic heterocycles. The first-order chi connectivity index (χ1) is 9.37. The van der Waals surface area contributed by atoms with Gasteiger partial charge < -0.3 is 15.0 Å². The van der Waals surface area contributed by atoms with Crippen molar-refractivity contribution >= 4 is 17.3 Å². The molecule has 1 N–H and O–H groups in total. The lowest BCUT2D eigenvalue weighted by Crippen LogP contribution is -2.35.